The molecule has 0 unspecified atom stereocenters. The monoisotopic (exact) mass is 548 g/mol. The van der Waals surface area contributed by atoms with Crippen molar-refractivity contribution in [1.29, 1.82) is 0 Å². The van der Waals surface area contributed by atoms with Crippen molar-refractivity contribution in [2.24, 2.45) is 0 Å². The highest BCUT2D eigenvalue weighted by molar-refractivity contribution is 6.18. The number of unbranched alkanes of at least 4 members (excludes halogenated alkanes) is 28. The second-order valence-electron chi connectivity index (χ2n) is 11.3. The molecule has 0 radical (unpaired) electrons. The SMILES string of the molecule is CCCCCCCCCCCCCCCCCCCl.CCCCCCCCCCCCCCCCCl. The lowest BCUT2D eigenvalue weighted by Crippen LogP contribution is -1.83. The molecule has 0 heterocycles. The van der Waals surface area contributed by atoms with Crippen LogP contribution < -0.4 is 0 Å². The van der Waals surface area contributed by atoms with Crippen molar-refractivity contribution in [3.05, 3.63) is 0 Å². The molecular formula is C34H70Cl2. The molecule has 0 rings (SSSR count). The van der Waals surface area contributed by atoms with Crippen molar-refractivity contribution in [2.45, 2.75) is 206 Å². The summed E-state index contributed by atoms with van der Waals surface area (Å²) in [5.74, 6) is 1.69. The molecule has 0 N–H and O–H groups in total. The highest BCUT2D eigenvalue weighted by atomic mass is 35.5. The van der Waals surface area contributed by atoms with Crippen LogP contribution in [-0.2, 0) is 0 Å². The first-order valence-corrected chi connectivity index (χ1v) is 18.0. The van der Waals surface area contributed by atoms with Crippen LogP contribution >= 0.6 is 23.2 Å². The van der Waals surface area contributed by atoms with E-state index in [9.17, 15) is 0 Å². The van der Waals surface area contributed by atoms with E-state index in [4.69, 9.17) is 23.2 Å². The van der Waals surface area contributed by atoms with E-state index < -0.39 is 0 Å². The molecule has 0 aliphatic rings. The molecular weight excluding hydrogens is 479 g/mol. The van der Waals surface area contributed by atoms with Crippen LogP contribution in [0.3, 0.4) is 0 Å². The van der Waals surface area contributed by atoms with E-state index in [2.05, 4.69) is 13.8 Å². The van der Waals surface area contributed by atoms with E-state index in [1.165, 1.54) is 193 Å². The summed E-state index contributed by atoms with van der Waals surface area (Å²) < 4.78 is 0. The summed E-state index contributed by atoms with van der Waals surface area (Å²) >= 11 is 11.3. The Bertz CT molecular complexity index is 301. The van der Waals surface area contributed by atoms with Gasteiger partial charge in [-0.1, -0.05) is 194 Å². The Balaban J connectivity index is 0. The Morgan fingerprint density at radius 2 is 0.361 bits per heavy atom. The van der Waals surface area contributed by atoms with Gasteiger partial charge in [0.15, 0.2) is 0 Å². The normalized spacial score (nSPS) is 11.0. The third-order valence-electron chi connectivity index (χ3n) is 7.47. The van der Waals surface area contributed by atoms with Gasteiger partial charge in [-0.05, 0) is 12.8 Å². The molecule has 0 bridgehead atoms. The summed E-state index contributed by atoms with van der Waals surface area (Å²) in [6.45, 7) is 4.57. The number of rotatable bonds is 30. The second-order valence-corrected chi connectivity index (χ2v) is 12.0. The highest BCUT2D eigenvalue weighted by Crippen LogP contribution is 2.14. The van der Waals surface area contributed by atoms with E-state index in [0.717, 1.165) is 11.8 Å². The van der Waals surface area contributed by atoms with Crippen molar-refractivity contribution in [3.63, 3.8) is 0 Å². The summed E-state index contributed by atoms with van der Waals surface area (Å²) in [5.41, 5.74) is 0. The molecule has 0 atom stereocenters. The molecule has 0 amide bonds. The van der Waals surface area contributed by atoms with Gasteiger partial charge in [0.1, 0.15) is 0 Å². The van der Waals surface area contributed by atoms with E-state index in [1.54, 1.807) is 0 Å². The van der Waals surface area contributed by atoms with Crippen LogP contribution in [0, 0.1) is 0 Å². The molecule has 0 fully saturated rings. The van der Waals surface area contributed by atoms with Gasteiger partial charge in [0.25, 0.3) is 0 Å². The zero-order valence-corrected chi connectivity index (χ0v) is 26.9. The summed E-state index contributed by atoms with van der Waals surface area (Å²) in [5, 5.41) is 0. The van der Waals surface area contributed by atoms with Crippen molar-refractivity contribution >= 4 is 23.2 Å². The van der Waals surface area contributed by atoms with Crippen LogP contribution in [0.5, 0.6) is 0 Å². The van der Waals surface area contributed by atoms with Crippen LogP contribution in [0.1, 0.15) is 206 Å². The fourth-order valence-electron chi connectivity index (χ4n) is 4.93. The minimum Gasteiger partial charge on any atom is -0.127 e. The first-order chi connectivity index (χ1) is 17.8. The van der Waals surface area contributed by atoms with Gasteiger partial charge in [0.2, 0.25) is 0 Å². The lowest BCUT2D eigenvalue weighted by molar-refractivity contribution is 0.531. The molecule has 36 heavy (non-hydrogen) atoms. The number of hydrogen-bond donors (Lipinski definition) is 0. The minimum atomic E-state index is 0.845. The van der Waals surface area contributed by atoms with Gasteiger partial charge < -0.3 is 0 Å². The molecule has 0 aliphatic heterocycles. The Labute approximate surface area is 240 Å². The quantitative estimate of drug-likeness (QED) is 0.0617. The summed E-state index contributed by atoms with van der Waals surface area (Å²) in [7, 11) is 0. The number of hydrogen-bond acceptors (Lipinski definition) is 0. The molecule has 0 saturated heterocycles. The van der Waals surface area contributed by atoms with Gasteiger partial charge in [-0.15, -0.1) is 23.2 Å². The fraction of sp³-hybridized carbons (Fsp3) is 1.00. The Kier molecular flexibility index (Phi) is 43.1. The van der Waals surface area contributed by atoms with Crippen molar-refractivity contribution in [3.8, 4) is 0 Å². The predicted octanol–water partition coefficient (Wildman–Crippen LogP) is 14.2. The Hall–Kier alpha value is 0.580. The zero-order chi connectivity index (χ0) is 26.6. The highest BCUT2D eigenvalue weighted by Gasteiger charge is 1.95. The molecule has 0 aromatic heterocycles. The maximum absolute atomic E-state index is 5.66. The average Bonchev–Trinajstić information content (AvgIpc) is 2.89. The molecule has 0 aromatic rings. The summed E-state index contributed by atoms with van der Waals surface area (Å²) in [6, 6.07) is 0. The van der Waals surface area contributed by atoms with Crippen molar-refractivity contribution in [1.82, 2.24) is 0 Å². The van der Waals surface area contributed by atoms with Crippen LogP contribution in [-0.4, -0.2) is 11.8 Å². The predicted molar refractivity (Wildman–Crippen MR) is 171 cm³/mol. The van der Waals surface area contributed by atoms with Gasteiger partial charge >= 0.3 is 0 Å². The van der Waals surface area contributed by atoms with Gasteiger partial charge in [-0.3, -0.25) is 0 Å². The number of alkyl halides is 2. The minimum absolute atomic E-state index is 0.845. The first-order valence-electron chi connectivity index (χ1n) is 16.9. The summed E-state index contributed by atoms with van der Waals surface area (Å²) in [6.07, 6.45) is 42.7. The van der Waals surface area contributed by atoms with E-state index >= 15 is 0 Å². The van der Waals surface area contributed by atoms with E-state index in [-0.39, 0.29) is 0 Å². The molecule has 0 aliphatic carbocycles. The van der Waals surface area contributed by atoms with Crippen molar-refractivity contribution < 1.29 is 0 Å². The molecule has 0 nitrogen and oxygen atoms in total. The maximum atomic E-state index is 5.66. The first kappa shape index (κ1) is 38.7. The molecule has 2 heteroatoms. The summed E-state index contributed by atoms with van der Waals surface area (Å²) in [4.78, 5) is 0. The number of halogens is 2. The largest absolute Gasteiger partial charge is 0.127 e. The lowest BCUT2D eigenvalue weighted by Gasteiger charge is -2.03. The molecule has 0 spiro atoms. The molecule has 0 aromatic carbocycles. The van der Waals surface area contributed by atoms with Gasteiger partial charge in [0, 0.05) is 11.8 Å². The second kappa shape index (κ2) is 40.1. The third kappa shape index (κ3) is 41.7. The van der Waals surface area contributed by atoms with E-state index in [1.807, 2.05) is 0 Å². The maximum Gasteiger partial charge on any atom is 0.0223 e. The fourth-order valence-corrected chi connectivity index (χ4v) is 5.31. The van der Waals surface area contributed by atoms with Crippen LogP contribution in [0.4, 0.5) is 0 Å². The van der Waals surface area contributed by atoms with Gasteiger partial charge in [-0.25, -0.2) is 0 Å². The third-order valence-corrected chi connectivity index (χ3v) is 8.01. The average molecular weight is 550 g/mol. The molecule has 220 valence electrons. The van der Waals surface area contributed by atoms with Crippen LogP contribution in [0.15, 0.2) is 0 Å². The Morgan fingerprint density at radius 3 is 0.500 bits per heavy atom. The Morgan fingerprint density at radius 1 is 0.222 bits per heavy atom. The zero-order valence-electron chi connectivity index (χ0n) is 25.4. The van der Waals surface area contributed by atoms with Crippen molar-refractivity contribution in [2.75, 3.05) is 11.8 Å². The molecule has 0 saturated carbocycles. The van der Waals surface area contributed by atoms with E-state index in [0.29, 0.717) is 0 Å². The van der Waals surface area contributed by atoms with Crippen LogP contribution in [0.2, 0.25) is 0 Å². The van der Waals surface area contributed by atoms with Gasteiger partial charge in [-0.2, -0.15) is 0 Å². The standard InChI is InChI=1S/C18H37Cl.C16H33Cl/c1-2-3-4-5-6-7-8-9-10-11-12-13-14-15-16-17-18-19;1-2-3-4-5-6-7-8-9-10-11-12-13-14-15-16-17/h2-18H2,1H3;2-16H2,1H3. The topological polar surface area (TPSA) is 0 Å². The lowest BCUT2D eigenvalue weighted by atomic mass is 10.0. The smallest absolute Gasteiger partial charge is 0.0223 e. The van der Waals surface area contributed by atoms with Crippen LogP contribution in [0.25, 0.3) is 0 Å². The van der Waals surface area contributed by atoms with Gasteiger partial charge in [0.05, 0.1) is 0 Å².